The standard InChI is InChI=1S/C46H40N2O14.C19H16INO7.C8H10/c47-43(59)35-29(51)17-23-13-21-15-25-19(9-11-27(49)33(25)37(53)31(21)39(55)45(23,61)41(35)57)7-5-3-1-2-4-6-8-20-10-12-28(50)34-26(20)16-22-14-24-18-30(52)36(44(48)60)42(58)46(24,62)40(56)32(22)38(34)54;20-9-1-2-10(22)13-8(9)4-6-3-7-5-11(23)14(18(21)27)17(26)19(7,28)16(25)12(6)15(13)24;1-3-5-7-8-6-4-2/h9-12,21-24,49-50,53-54,57-58,61-62H,1-4,13-18H2,(H2,47,59)(H2,48,60);1-2,6-7,22,24,26,28H,3-5H2,(H2,21,27);1-2H,5-8H2/t21-,22-,23+,24+,45+,46+;6-,7+,19+;/m11./s1. The van der Waals surface area contributed by atoms with Crippen molar-refractivity contribution in [1.82, 2.24) is 0 Å². The number of benzene rings is 3. The van der Waals surface area contributed by atoms with Gasteiger partial charge < -0.3 is 78.5 Å². The van der Waals surface area contributed by atoms with Gasteiger partial charge in [0.2, 0.25) is 17.3 Å². The number of ketones is 6. The summed E-state index contributed by atoms with van der Waals surface area (Å²) in [5.41, 5.74) is 7.25. The molecule has 506 valence electrons. The molecule has 0 bridgehead atoms. The van der Waals surface area contributed by atoms with Crippen LogP contribution in [0.3, 0.4) is 0 Å². The van der Waals surface area contributed by atoms with Crippen LogP contribution in [0.15, 0.2) is 87.1 Å². The Morgan fingerprint density at radius 3 is 1.03 bits per heavy atom. The van der Waals surface area contributed by atoms with Crippen molar-refractivity contribution in [1.29, 1.82) is 0 Å². The first-order valence-corrected chi connectivity index (χ1v) is 32.4. The molecule has 12 rings (SSSR count). The second-order valence-corrected chi connectivity index (χ2v) is 26.7. The Hall–Kier alpha value is -10.4. The van der Waals surface area contributed by atoms with Crippen molar-refractivity contribution in [2.24, 2.45) is 52.7 Å². The third-order valence-electron chi connectivity index (χ3n) is 20.0. The maximum atomic E-state index is 13.7. The monoisotopic (exact) mass is 1450 g/mol. The molecule has 0 aromatic heterocycles. The van der Waals surface area contributed by atoms with E-state index in [1.165, 1.54) is 18.2 Å². The average Bonchev–Trinajstić information content (AvgIpc) is 0.710. The number of carbonyl (C=O) groups is 9. The van der Waals surface area contributed by atoms with Crippen molar-refractivity contribution in [3.8, 4) is 65.6 Å². The Morgan fingerprint density at radius 2 is 0.724 bits per heavy atom. The van der Waals surface area contributed by atoms with Crippen LogP contribution in [-0.2, 0) is 62.4 Å². The molecule has 9 aliphatic carbocycles. The average molecular weight is 1450 g/mol. The highest BCUT2D eigenvalue weighted by atomic mass is 127. The third-order valence-corrected chi connectivity index (χ3v) is 21.0. The number of aliphatic hydroxyl groups excluding tert-OH is 6. The van der Waals surface area contributed by atoms with Crippen LogP contribution in [0.4, 0.5) is 0 Å². The first-order chi connectivity index (χ1) is 46.3. The van der Waals surface area contributed by atoms with Gasteiger partial charge in [0.05, 0.1) is 16.7 Å². The molecule has 0 unspecified atom stereocenters. The van der Waals surface area contributed by atoms with Crippen LogP contribution in [0.5, 0.6) is 17.2 Å². The predicted molar refractivity (Wildman–Crippen MR) is 355 cm³/mol. The van der Waals surface area contributed by atoms with Gasteiger partial charge in [0, 0.05) is 94.1 Å². The maximum Gasteiger partial charge on any atom is 0.255 e. The molecule has 24 nitrogen and oxygen atoms in total. The molecule has 3 fully saturated rings. The van der Waals surface area contributed by atoms with E-state index in [1.54, 1.807) is 18.2 Å². The van der Waals surface area contributed by atoms with Crippen LogP contribution in [0, 0.1) is 87.4 Å². The Labute approximate surface area is 573 Å². The molecule has 3 aromatic rings. The van der Waals surface area contributed by atoms with Gasteiger partial charge in [-0.25, -0.2) is 0 Å². The highest BCUT2D eigenvalue weighted by Crippen LogP contribution is 2.56. The number of phenolic OH excluding ortho intramolecular Hbond substituents is 3. The van der Waals surface area contributed by atoms with Gasteiger partial charge in [0.15, 0.2) is 34.2 Å². The van der Waals surface area contributed by atoms with Crippen LogP contribution in [0.25, 0.3) is 17.3 Å². The molecule has 0 spiro atoms. The number of amides is 3. The molecular weight excluding hydrogens is 1380 g/mol. The number of terminal acetylenes is 2. The third kappa shape index (κ3) is 11.5. The fourth-order valence-corrected chi connectivity index (χ4v) is 15.9. The lowest BCUT2D eigenvalue weighted by molar-refractivity contribution is -0.149. The number of fused-ring (bicyclic) bond motifs is 9. The zero-order valence-electron chi connectivity index (χ0n) is 52.3. The SMILES string of the molecule is C#CCCCCC#C.NC(=O)C1=C(O)[C@@]2(O)C(=O)C3=C(O)c4c(O)ccc(C#CCCCCC#Cc5ccc(O)c6c5C[C@H]5C[C@H]7CC(=O)C(C(N)=O)=C(O)[C@@]7(O)C(=O)C5=C6O)c4C[C@H]3C[C@H]2CC1=O.NC(=O)C1=C(O)[C@@]2(O)C(=O)C3=C(O)c4c(O)ccc(I)c4C[C@H]3C[C@H]2CC1=O. The minimum Gasteiger partial charge on any atom is -0.508 e. The van der Waals surface area contributed by atoms with Gasteiger partial charge in [0.25, 0.3) is 17.7 Å². The van der Waals surface area contributed by atoms with Gasteiger partial charge in [-0.1, -0.05) is 23.7 Å². The van der Waals surface area contributed by atoms with Gasteiger partial charge in [-0.2, -0.15) is 0 Å². The molecule has 18 N–H and O–H groups in total. The van der Waals surface area contributed by atoms with Crippen molar-refractivity contribution in [2.75, 3.05) is 0 Å². The van der Waals surface area contributed by atoms with Crippen LogP contribution in [0.2, 0.25) is 0 Å². The summed E-state index contributed by atoms with van der Waals surface area (Å²) < 4.78 is 0.794. The number of nitrogens with two attached hydrogens (primary N) is 3. The summed E-state index contributed by atoms with van der Waals surface area (Å²) in [4.78, 5) is 114. The van der Waals surface area contributed by atoms with Gasteiger partial charge in [-0.05, 0) is 158 Å². The van der Waals surface area contributed by atoms with Crippen LogP contribution < -0.4 is 17.2 Å². The molecule has 25 heteroatoms. The summed E-state index contributed by atoms with van der Waals surface area (Å²) in [5.74, 6) is -2.83. The molecule has 0 heterocycles. The second kappa shape index (κ2) is 26.9. The van der Waals surface area contributed by atoms with E-state index in [9.17, 15) is 104 Å². The summed E-state index contributed by atoms with van der Waals surface area (Å²) in [7, 11) is 0. The molecular formula is C73H66IN3O21. The topological polar surface area (TPSA) is 474 Å². The van der Waals surface area contributed by atoms with E-state index in [1.807, 2.05) is 0 Å². The number of hydrogen-bond acceptors (Lipinski definition) is 21. The lowest BCUT2D eigenvalue weighted by Crippen LogP contribution is -2.58. The number of aromatic hydroxyl groups is 3. The first kappa shape index (κ1) is 70.4. The minimum atomic E-state index is -2.66. The smallest absolute Gasteiger partial charge is 0.255 e. The number of carbonyl (C=O) groups excluding carboxylic acids is 9. The fourth-order valence-electron chi connectivity index (χ4n) is 15.3. The van der Waals surface area contributed by atoms with E-state index in [-0.39, 0.29) is 89.2 Å². The summed E-state index contributed by atoms with van der Waals surface area (Å²) in [6.07, 6.45) is 15.5. The van der Waals surface area contributed by atoms with Gasteiger partial charge in [0.1, 0.15) is 68.5 Å². The highest BCUT2D eigenvalue weighted by Gasteiger charge is 2.64. The van der Waals surface area contributed by atoms with Crippen molar-refractivity contribution >= 4 is 92.3 Å². The first-order valence-electron chi connectivity index (χ1n) is 31.3. The number of aliphatic hydroxyl groups is 9. The number of Topliss-reactive ketones (excluding diaryl/α,β-unsaturated/α-hetero) is 6. The molecule has 9 aliphatic rings. The summed E-state index contributed by atoms with van der Waals surface area (Å²) in [6, 6.07) is 8.86. The van der Waals surface area contributed by atoms with Crippen molar-refractivity contribution < 1.29 is 104 Å². The Bertz CT molecular complexity index is 4380. The number of halogens is 1. The predicted octanol–water partition coefficient (Wildman–Crippen LogP) is 4.97. The van der Waals surface area contributed by atoms with E-state index in [0.29, 0.717) is 59.9 Å². The summed E-state index contributed by atoms with van der Waals surface area (Å²) in [6.45, 7) is 0. The molecule has 9 atom stereocenters. The molecule has 98 heavy (non-hydrogen) atoms. The largest absolute Gasteiger partial charge is 0.508 e. The van der Waals surface area contributed by atoms with Crippen LogP contribution >= 0.6 is 22.6 Å². The summed E-state index contributed by atoms with van der Waals surface area (Å²) in [5, 5.41) is 131. The molecule has 3 saturated carbocycles. The van der Waals surface area contributed by atoms with E-state index in [4.69, 9.17) is 30.0 Å². The van der Waals surface area contributed by atoms with Crippen molar-refractivity contribution in [3.63, 3.8) is 0 Å². The molecule has 3 aromatic carbocycles. The maximum absolute atomic E-state index is 13.7. The normalized spacial score (nSPS) is 26.3. The van der Waals surface area contributed by atoms with E-state index in [2.05, 4.69) is 58.1 Å². The quantitative estimate of drug-likeness (QED) is 0.0582. The van der Waals surface area contributed by atoms with E-state index >= 15 is 0 Å². The number of rotatable bonds is 9. The van der Waals surface area contributed by atoms with Crippen LogP contribution in [0.1, 0.15) is 134 Å². The second-order valence-electron chi connectivity index (χ2n) is 25.5. The fraction of sp³-hybridized carbons (Fsp3) is 0.356. The zero-order chi connectivity index (χ0) is 71.5. The number of primary amides is 3. The minimum absolute atomic E-state index is 0.00482. The molecule has 3 amide bonds. The Morgan fingerprint density at radius 1 is 0.439 bits per heavy atom. The lowest BCUT2D eigenvalue weighted by atomic mass is 9.59. The number of phenols is 3. The van der Waals surface area contributed by atoms with Crippen molar-refractivity contribution in [2.45, 2.75) is 126 Å². The van der Waals surface area contributed by atoms with Crippen LogP contribution in [-0.4, -0.2) is 131 Å². The number of hydrogen-bond donors (Lipinski definition) is 15. The highest BCUT2D eigenvalue weighted by molar-refractivity contribution is 14.1. The van der Waals surface area contributed by atoms with E-state index < -0.39 is 169 Å². The molecule has 0 radical (unpaired) electrons. The summed E-state index contributed by atoms with van der Waals surface area (Å²) >= 11 is 2.06. The number of unbranched alkanes of at least 4 members (excludes halogenated alkanes) is 6. The molecule has 0 aliphatic heterocycles. The Balaban J connectivity index is 0.000000237. The van der Waals surface area contributed by atoms with Crippen molar-refractivity contribution in [3.05, 3.63) is 135 Å². The Kier molecular flexibility index (Phi) is 19.3. The zero-order valence-corrected chi connectivity index (χ0v) is 54.4. The van der Waals surface area contributed by atoms with Gasteiger partial charge in [-0.3, -0.25) is 43.2 Å². The lowest BCUT2D eigenvalue weighted by Gasteiger charge is -2.46. The molecule has 0 saturated heterocycles. The van der Waals surface area contributed by atoms with Gasteiger partial charge >= 0.3 is 0 Å². The van der Waals surface area contributed by atoms with Gasteiger partial charge in [-0.15, -0.1) is 24.7 Å². The van der Waals surface area contributed by atoms with E-state index in [0.717, 1.165) is 29.3 Å².